The van der Waals surface area contributed by atoms with Crippen LogP contribution < -0.4 is 0 Å². The Morgan fingerprint density at radius 3 is 2.43 bits per heavy atom. The van der Waals surface area contributed by atoms with Crippen LogP contribution in [0.25, 0.3) is 0 Å². The third-order valence-electron chi connectivity index (χ3n) is 4.15. The summed E-state index contributed by atoms with van der Waals surface area (Å²) in [7, 11) is 2.75. The summed E-state index contributed by atoms with van der Waals surface area (Å²) in [6.45, 7) is 1.50. The molecular formula is C16H21NO4. The first-order valence-electron chi connectivity index (χ1n) is 7.06. The predicted molar refractivity (Wildman–Crippen MR) is 77.5 cm³/mol. The number of carbonyl (C=O) groups excluding carboxylic acids is 2. The quantitative estimate of drug-likeness (QED) is 0.748. The Kier molecular flexibility index (Phi) is 4.96. The maximum Gasteiger partial charge on any atom is 0.326 e. The number of carbonyl (C=O) groups is 2. The highest BCUT2D eigenvalue weighted by molar-refractivity contribution is 5.83. The van der Waals surface area contributed by atoms with E-state index in [1.54, 1.807) is 0 Å². The fourth-order valence-corrected chi connectivity index (χ4v) is 2.79. The van der Waals surface area contributed by atoms with Gasteiger partial charge in [0.2, 0.25) is 0 Å². The Morgan fingerprint density at radius 2 is 1.90 bits per heavy atom. The van der Waals surface area contributed by atoms with E-state index in [2.05, 4.69) is 9.64 Å². The summed E-state index contributed by atoms with van der Waals surface area (Å²) in [5.74, 6) is -0.571. The van der Waals surface area contributed by atoms with Crippen molar-refractivity contribution in [2.24, 2.45) is 0 Å². The molecule has 1 saturated heterocycles. The Labute approximate surface area is 124 Å². The van der Waals surface area contributed by atoms with Gasteiger partial charge in [-0.3, -0.25) is 14.5 Å². The highest BCUT2D eigenvalue weighted by Gasteiger charge is 2.51. The smallest absolute Gasteiger partial charge is 0.326 e. The molecule has 5 nitrogen and oxygen atoms in total. The first-order valence-corrected chi connectivity index (χ1v) is 7.06. The molecule has 1 atom stereocenters. The van der Waals surface area contributed by atoms with Crippen molar-refractivity contribution >= 4 is 11.9 Å². The maximum atomic E-state index is 12.2. The van der Waals surface area contributed by atoms with E-state index >= 15 is 0 Å². The third-order valence-corrected chi connectivity index (χ3v) is 4.15. The zero-order chi connectivity index (χ0) is 15.3. The molecule has 0 radical (unpaired) electrons. The minimum absolute atomic E-state index is 0.219. The van der Waals surface area contributed by atoms with Crippen LogP contribution in [0, 0.1) is 0 Å². The molecule has 5 heteroatoms. The first-order chi connectivity index (χ1) is 10.1. The van der Waals surface area contributed by atoms with Gasteiger partial charge in [0.25, 0.3) is 0 Å². The van der Waals surface area contributed by atoms with Gasteiger partial charge in [0, 0.05) is 19.5 Å². The molecule has 0 aromatic heterocycles. The van der Waals surface area contributed by atoms with Crippen molar-refractivity contribution in [2.75, 3.05) is 20.8 Å². The molecule has 1 heterocycles. The highest BCUT2D eigenvalue weighted by Crippen LogP contribution is 2.37. The number of ether oxygens (including phenoxy) is 2. The normalized spacial score (nSPS) is 21.4. The van der Waals surface area contributed by atoms with E-state index < -0.39 is 5.54 Å². The Bertz CT molecular complexity index is 502. The van der Waals surface area contributed by atoms with Gasteiger partial charge in [-0.15, -0.1) is 0 Å². The predicted octanol–water partition coefficient (Wildman–Crippen LogP) is 1.76. The summed E-state index contributed by atoms with van der Waals surface area (Å²) >= 11 is 0. The maximum absolute atomic E-state index is 12.2. The van der Waals surface area contributed by atoms with E-state index in [0.717, 1.165) is 12.1 Å². The van der Waals surface area contributed by atoms with E-state index in [4.69, 9.17) is 4.74 Å². The van der Waals surface area contributed by atoms with Crippen molar-refractivity contribution < 1.29 is 19.1 Å². The minimum Gasteiger partial charge on any atom is -0.469 e. The number of likely N-dealkylation sites (tertiary alicyclic amines) is 1. The average molecular weight is 291 g/mol. The van der Waals surface area contributed by atoms with Gasteiger partial charge in [0.15, 0.2) is 0 Å². The molecule has 114 valence electrons. The number of nitrogens with zero attached hydrogens (tertiary/aromatic N) is 1. The van der Waals surface area contributed by atoms with Crippen LogP contribution in [-0.2, 0) is 25.6 Å². The lowest BCUT2D eigenvalue weighted by Crippen LogP contribution is -2.64. The van der Waals surface area contributed by atoms with Crippen molar-refractivity contribution in [2.45, 2.75) is 31.3 Å². The molecule has 21 heavy (non-hydrogen) atoms. The molecule has 0 saturated carbocycles. The Balaban J connectivity index is 2.09. The van der Waals surface area contributed by atoms with Crippen molar-refractivity contribution in [3.05, 3.63) is 35.9 Å². The molecule has 1 unspecified atom stereocenters. The molecule has 0 amide bonds. The SMILES string of the molecule is COC(=O)CCC1(C(=O)OC)CCN1Cc1ccccc1. The Morgan fingerprint density at radius 1 is 1.19 bits per heavy atom. The van der Waals surface area contributed by atoms with Gasteiger partial charge >= 0.3 is 11.9 Å². The molecule has 1 fully saturated rings. The lowest BCUT2D eigenvalue weighted by Gasteiger charge is -2.50. The fraction of sp³-hybridized carbons (Fsp3) is 0.500. The number of hydrogen-bond acceptors (Lipinski definition) is 5. The Hall–Kier alpha value is -1.88. The van der Waals surface area contributed by atoms with E-state index in [0.29, 0.717) is 19.4 Å². The fourth-order valence-electron chi connectivity index (χ4n) is 2.79. The minimum atomic E-state index is -0.696. The van der Waals surface area contributed by atoms with Gasteiger partial charge in [0.1, 0.15) is 5.54 Å². The van der Waals surface area contributed by atoms with Crippen LogP contribution in [0.1, 0.15) is 24.8 Å². The van der Waals surface area contributed by atoms with Crippen molar-refractivity contribution in [1.29, 1.82) is 0 Å². The lowest BCUT2D eigenvalue weighted by molar-refractivity contribution is -0.168. The summed E-state index contributed by atoms with van der Waals surface area (Å²) in [5, 5.41) is 0. The van der Waals surface area contributed by atoms with E-state index in [1.807, 2.05) is 30.3 Å². The van der Waals surface area contributed by atoms with Gasteiger partial charge in [-0.2, -0.15) is 0 Å². The second-order valence-electron chi connectivity index (χ2n) is 5.26. The summed E-state index contributed by atoms with van der Waals surface area (Å²) in [6.07, 6.45) is 1.36. The molecule has 1 aliphatic rings. The van der Waals surface area contributed by atoms with Crippen molar-refractivity contribution in [1.82, 2.24) is 4.90 Å². The molecule has 0 aliphatic carbocycles. The average Bonchev–Trinajstić information content (AvgIpc) is 2.52. The molecule has 1 aromatic carbocycles. The van der Waals surface area contributed by atoms with Gasteiger partial charge in [-0.05, 0) is 18.4 Å². The van der Waals surface area contributed by atoms with Crippen molar-refractivity contribution in [3.8, 4) is 0 Å². The van der Waals surface area contributed by atoms with Gasteiger partial charge in [-0.25, -0.2) is 0 Å². The number of esters is 2. The molecule has 0 N–H and O–H groups in total. The number of benzene rings is 1. The van der Waals surface area contributed by atoms with Crippen molar-refractivity contribution in [3.63, 3.8) is 0 Å². The summed E-state index contributed by atoms with van der Waals surface area (Å²) in [6, 6.07) is 9.97. The largest absolute Gasteiger partial charge is 0.469 e. The molecular weight excluding hydrogens is 270 g/mol. The van der Waals surface area contributed by atoms with Gasteiger partial charge in [-0.1, -0.05) is 30.3 Å². The van der Waals surface area contributed by atoms with Crippen LogP contribution in [0.3, 0.4) is 0 Å². The molecule has 0 bridgehead atoms. The van der Waals surface area contributed by atoms with Crippen LogP contribution in [0.5, 0.6) is 0 Å². The van der Waals surface area contributed by atoms with Gasteiger partial charge < -0.3 is 9.47 Å². The lowest BCUT2D eigenvalue weighted by atomic mass is 9.80. The van der Waals surface area contributed by atoms with Crippen LogP contribution in [0.4, 0.5) is 0 Å². The number of methoxy groups -OCH3 is 2. The number of rotatable bonds is 6. The van der Waals surface area contributed by atoms with E-state index in [1.165, 1.54) is 14.2 Å². The topological polar surface area (TPSA) is 55.8 Å². The molecule has 2 rings (SSSR count). The zero-order valence-electron chi connectivity index (χ0n) is 12.5. The monoisotopic (exact) mass is 291 g/mol. The zero-order valence-corrected chi connectivity index (χ0v) is 12.5. The van der Waals surface area contributed by atoms with Crippen LogP contribution in [0.15, 0.2) is 30.3 Å². The highest BCUT2D eigenvalue weighted by atomic mass is 16.5. The second-order valence-corrected chi connectivity index (χ2v) is 5.26. The van der Waals surface area contributed by atoms with Crippen LogP contribution in [0.2, 0.25) is 0 Å². The standard InChI is InChI=1S/C16H21NO4/c1-20-14(18)8-9-16(15(19)21-2)10-11-17(16)12-13-6-4-3-5-7-13/h3-7H,8-12H2,1-2H3. The van der Waals surface area contributed by atoms with E-state index in [-0.39, 0.29) is 18.4 Å². The summed E-state index contributed by atoms with van der Waals surface area (Å²) in [5.41, 5.74) is 0.447. The molecule has 0 spiro atoms. The number of hydrogen-bond donors (Lipinski definition) is 0. The first kappa shape index (κ1) is 15.5. The second kappa shape index (κ2) is 6.72. The van der Waals surface area contributed by atoms with Crippen LogP contribution >= 0.6 is 0 Å². The third kappa shape index (κ3) is 3.24. The molecule has 1 aromatic rings. The molecule has 1 aliphatic heterocycles. The summed E-state index contributed by atoms with van der Waals surface area (Å²) in [4.78, 5) is 25.7. The van der Waals surface area contributed by atoms with Gasteiger partial charge in [0.05, 0.1) is 14.2 Å². The summed E-state index contributed by atoms with van der Waals surface area (Å²) < 4.78 is 9.63. The van der Waals surface area contributed by atoms with Crippen LogP contribution in [-0.4, -0.2) is 43.1 Å². The van der Waals surface area contributed by atoms with E-state index in [9.17, 15) is 9.59 Å².